The maximum absolute atomic E-state index is 14.3. The van der Waals surface area contributed by atoms with Crippen LogP contribution in [-0.2, 0) is 30.5 Å². The highest BCUT2D eigenvalue weighted by Crippen LogP contribution is 2.74. The molecule has 9 unspecified atom stereocenters. The van der Waals surface area contributed by atoms with E-state index in [1.807, 2.05) is 6.08 Å². The molecule has 1 aromatic rings. The first-order valence-corrected chi connectivity index (χ1v) is 15.3. The molecule has 1 aliphatic heterocycles. The number of ether oxygens (including phenoxy) is 1. The number of Topliss-reactive ketones (excluding diaryl/α,β-unsaturated/α-hetero) is 1. The molecule has 5 aliphatic rings. The van der Waals surface area contributed by atoms with E-state index in [0.29, 0.717) is 19.5 Å². The van der Waals surface area contributed by atoms with Gasteiger partial charge >= 0.3 is 5.97 Å². The second kappa shape index (κ2) is 9.93. The number of esters is 1. The minimum absolute atomic E-state index is 0.0114. The predicted molar refractivity (Wildman–Crippen MR) is 153 cm³/mol. The molecule has 1 N–H and O–H groups in total. The Morgan fingerprint density at radius 3 is 2.55 bits per heavy atom. The molecule has 0 bridgehead atoms. The summed E-state index contributed by atoms with van der Waals surface area (Å²) in [7, 11) is 0. The van der Waals surface area contributed by atoms with E-state index in [1.54, 1.807) is 36.3 Å². The number of aliphatic hydroxyl groups excluding tert-OH is 1. The number of carbonyl (C=O) groups is 3. The van der Waals surface area contributed by atoms with Gasteiger partial charge in [-0.25, -0.2) is 4.39 Å². The van der Waals surface area contributed by atoms with Gasteiger partial charge in [0, 0.05) is 41.7 Å². The molecule has 4 aliphatic carbocycles. The Hall–Kier alpha value is -2.68. The summed E-state index contributed by atoms with van der Waals surface area (Å²) in [6.07, 6.45) is 6.69. The summed E-state index contributed by atoms with van der Waals surface area (Å²) < 4.78 is 19.0. The van der Waals surface area contributed by atoms with Gasteiger partial charge < -0.3 is 9.84 Å². The smallest absolute Gasteiger partial charge is 0.305 e. The van der Waals surface area contributed by atoms with Gasteiger partial charge in [-0.2, -0.15) is 5.06 Å². The van der Waals surface area contributed by atoms with E-state index in [-0.39, 0.29) is 54.1 Å². The lowest BCUT2D eigenvalue weighted by Crippen LogP contribution is -2.67. The van der Waals surface area contributed by atoms with Crippen molar-refractivity contribution < 1.29 is 33.5 Å². The van der Waals surface area contributed by atoms with Crippen molar-refractivity contribution in [1.82, 2.24) is 5.06 Å². The van der Waals surface area contributed by atoms with Crippen molar-refractivity contribution in [2.75, 3.05) is 13.2 Å². The second-order valence-corrected chi connectivity index (χ2v) is 14.0. The lowest BCUT2D eigenvalue weighted by Gasteiger charge is -2.66. The van der Waals surface area contributed by atoms with Crippen molar-refractivity contribution in [3.05, 3.63) is 59.4 Å². The van der Waals surface area contributed by atoms with Crippen molar-refractivity contribution in [1.29, 1.82) is 0 Å². The topological polar surface area (TPSA) is 93.1 Å². The third kappa shape index (κ3) is 3.90. The number of rotatable bonds is 6. The summed E-state index contributed by atoms with van der Waals surface area (Å²) in [6, 6.07) is 6.24. The molecular formula is C34H42FNO6. The van der Waals surface area contributed by atoms with Crippen LogP contribution < -0.4 is 0 Å². The van der Waals surface area contributed by atoms with Crippen LogP contribution in [0.4, 0.5) is 4.39 Å². The first kappa shape index (κ1) is 29.4. The Morgan fingerprint density at radius 2 is 1.86 bits per heavy atom. The zero-order chi connectivity index (χ0) is 30.2. The average molecular weight is 580 g/mol. The number of ketones is 2. The molecule has 1 heterocycles. The van der Waals surface area contributed by atoms with Gasteiger partial charge in [-0.3, -0.25) is 19.2 Å². The summed E-state index contributed by atoms with van der Waals surface area (Å²) in [4.78, 5) is 45.6. The fraction of sp³-hybridized carbons (Fsp3) is 0.618. The molecule has 8 heteroatoms. The van der Waals surface area contributed by atoms with Crippen LogP contribution >= 0.6 is 0 Å². The van der Waals surface area contributed by atoms with Crippen molar-refractivity contribution in [3.8, 4) is 0 Å². The van der Waals surface area contributed by atoms with Crippen molar-refractivity contribution in [2.24, 2.45) is 39.9 Å². The van der Waals surface area contributed by atoms with Gasteiger partial charge in [0.05, 0.1) is 6.10 Å². The minimum Gasteiger partial charge on any atom is -0.458 e. The highest BCUT2D eigenvalue weighted by atomic mass is 19.1. The number of aliphatic hydroxyl groups is 1. The van der Waals surface area contributed by atoms with Crippen LogP contribution in [-0.4, -0.2) is 52.6 Å². The van der Waals surface area contributed by atoms with Crippen molar-refractivity contribution in [2.45, 2.75) is 78.6 Å². The second-order valence-electron chi connectivity index (χ2n) is 14.0. The van der Waals surface area contributed by atoms with Crippen LogP contribution in [0, 0.1) is 45.7 Å². The molecular weight excluding hydrogens is 537 g/mol. The number of carbonyl (C=O) groups excluding carboxylic acids is 3. The highest BCUT2D eigenvalue weighted by molar-refractivity contribution is 6.01. The normalized spacial score (nSPS) is 42.3. The lowest BCUT2D eigenvalue weighted by atomic mass is 9.38. The molecule has 0 amide bonds. The Balaban J connectivity index is 1.39. The first-order valence-electron chi connectivity index (χ1n) is 15.3. The molecule has 1 saturated heterocycles. The number of hydrogen-bond donors (Lipinski definition) is 1. The van der Waals surface area contributed by atoms with Crippen LogP contribution in [0.15, 0.2) is 48.1 Å². The zero-order valence-corrected chi connectivity index (χ0v) is 25.2. The van der Waals surface area contributed by atoms with E-state index < -0.39 is 33.9 Å². The van der Waals surface area contributed by atoms with Gasteiger partial charge in [0.15, 0.2) is 18.0 Å². The number of benzene rings is 1. The number of halogens is 1. The molecule has 9 atom stereocenters. The number of hydroxylamine groups is 2. The van der Waals surface area contributed by atoms with E-state index in [9.17, 15) is 23.9 Å². The van der Waals surface area contributed by atoms with E-state index in [4.69, 9.17) is 9.57 Å². The molecule has 6 rings (SSSR count). The molecule has 3 saturated carbocycles. The van der Waals surface area contributed by atoms with Crippen LogP contribution in [0.5, 0.6) is 0 Å². The fourth-order valence-corrected chi connectivity index (χ4v) is 9.86. The Kier molecular flexibility index (Phi) is 6.95. The third-order valence-electron chi connectivity index (χ3n) is 12.1. The van der Waals surface area contributed by atoms with Crippen molar-refractivity contribution in [3.63, 3.8) is 0 Å². The van der Waals surface area contributed by atoms with Gasteiger partial charge in [0.25, 0.3) is 0 Å². The molecule has 0 spiro atoms. The van der Waals surface area contributed by atoms with E-state index in [2.05, 4.69) is 27.7 Å². The Labute approximate surface area is 247 Å². The third-order valence-corrected chi connectivity index (χ3v) is 12.1. The first-order chi connectivity index (χ1) is 19.8. The molecule has 1 aromatic carbocycles. The number of fused-ring (bicyclic) bond motifs is 7. The molecule has 7 nitrogen and oxygen atoms in total. The largest absolute Gasteiger partial charge is 0.458 e. The number of nitrogens with zero attached hydrogens (tertiary/aromatic N) is 1. The minimum atomic E-state index is -1.27. The quantitative estimate of drug-likeness (QED) is 0.476. The standard InChI is InChI=1S/C34H42FNO6/c1-6-30(40)41-19-29(39)34-22(18-36(42-34)17-21-7-9-23(35)10-8-21)14-26-27-13-20(2)25-15-24(37)11-12-31(25,3)33(27,5)28(38)16-32(26,34)4/h7-12,15,20,22,26-28,38H,6,13-14,16-19H2,1-5H3. The SMILES string of the molecule is CCC(=O)OCC(=O)C12ON(Cc3ccc(F)cc3)CC1CC1C3CC(C)C4=CC(=O)C=CC4(C)C3(C)C(O)CC12C. The van der Waals surface area contributed by atoms with Gasteiger partial charge in [0.1, 0.15) is 5.82 Å². The van der Waals surface area contributed by atoms with Gasteiger partial charge in [-0.05, 0) is 66.9 Å². The molecule has 0 radical (unpaired) electrons. The highest BCUT2D eigenvalue weighted by Gasteiger charge is 2.77. The molecule has 42 heavy (non-hydrogen) atoms. The van der Waals surface area contributed by atoms with Crippen LogP contribution in [0.25, 0.3) is 0 Å². The molecule has 0 aromatic heterocycles. The van der Waals surface area contributed by atoms with Crippen molar-refractivity contribution >= 4 is 17.5 Å². The Morgan fingerprint density at radius 1 is 1.14 bits per heavy atom. The van der Waals surface area contributed by atoms with E-state index >= 15 is 0 Å². The zero-order valence-electron chi connectivity index (χ0n) is 25.2. The van der Waals surface area contributed by atoms with Crippen LogP contribution in [0.3, 0.4) is 0 Å². The van der Waals surface area contributed by atoms with E-state index in [0.717, 1.165) is 24.0 Å². The summed E-state index contributed by atoms with van der Waals surface area (Å²) >= 11 is 0. The maximum atomic E-state index is 14.3. The number of allylic oxidation sites excluding steroid dienone is 4. The van der Waals surface area contributed by atoms with E-state index in [1.165, 1.54) is 12.1 Å². The fourth-order valence-electron chi connectivity index (χ4n) is 9.86. The summed E-state index contributed by atoms with van der Waals surface area (Å²) in [6.45, 7) is 10.8. The van der Waals surface area contributed by atoms with Gasteiger partial charge in [-0.15, -0.1) is 0 Å². The predicted octanol–water partition coefficient (Wildman–Crippen LogP) is 4.97. The summed E-state index contributed by atoms with van der Waals surface area (Å²) in [5.41, 5.74) is -1.09. The Bertz CT molecular complexity index is 1370. The van der Waals surface area contributed by atoms with Gasteiger partial charge in [0.2, 0.25) is 5.78 Å². The maximum Gasteiger partial charge on any atom is 0.305 e. The molecule has 226 valence electrons. The summed E-state index contributed by atoms with van der Waals surface area (Å²) in [5.74, 6) is -0.921. The average Bonchev–Trinajstić information content (AvgIpc) is 3.43. The van der Waals surface area contributed by atoms with Crippen LogP contribution in [0.1, 0.15) is 65.9 Å². The van der Waals surface area contributed by atoms with Gasteiger partial charge in [-0.1, -0.05) is 58.4 Å². The molecule has 4 fully saturated rings. The lowest BCUT2D eigenvalue weighted by molar-refractivity contribution is -0.266. The monoisotopic (exact) mass is 579 g/mol. The van der Waals surface area contributed by atoms with Crippen LogP contribution in [0.2, 0.25) is 0 Å². The summed E-state index contributed by atoms with van der Waals surface area (Å²) in [5, 5.41) is 14.0. The number of hydrogen-bond acceptors (Lipinski definition) is 7.